The highest BCUT2D eigenvalue weighted by Gasteiger charge is 2.16. The zero-order chi connectivity index (χ0) is 17.2. The Morgan fingerprint density at radius 1 is 1.16 bits per heavy atom. The third-order valence-corrected chi connectivity index (χ3v) is 3.92. The van der Waals surface area contributed by atoms with Crippen LogP contribution in [0.5, 0.6) is 11.5 Å². The Bertz CT molecular complexity index is 936. The van der Waals surface area contributed by atoms with Crippen molar-refractivity contribution in [2.24, 2.45) is 7.05 Å². The summed E-state index contributed by atoms with van der Waals surface area (Å²) in [6.45, 7) is 0.571. The van der Waals surface area contributed by atoms with Crippen molar-refractivity contribution in [2.75, 3.05) is 6.79 Å². The minimum absolute atomic E-state index is 0.176. The van der Waals surface area contributed by atoms with Gasteiger partial charge in [-0.15, -0.1) is 0 Å². The number of carbonyl (C=O) groups excluding carboxylic acids is 1. The first-order valence-corrected chi connectivity index (χ1v) is 7.80. The molecule has 1 aliphatic heterocycles. The summed E-state index contributed by atoms with van der Waals surface area (Å²) in [7, 11) is 1.87. The number of nitrogens with one attached hydrogen (secondary N) is 1. The van der Waals surface area contributed by atoms with E-state index in [1.807, 2.05) is 19.3 Å². The summed E-state index contributed by atoms with van der Waals surface area (Å²) in [5.74, 6) is 1.07. The molecule has 0 aliphatic carbocycles. The van der Waals surface area contributed by atoms with Crippen molar-refractivity contribution in [1.29, 1.82) is 0 Å². The second-order valence-electron chi connectivity index (χ2n) is 5.74. The first-order chi connectivity index (χ1) is 12.2. The molecule has 2 aromatic heterocycles. The number of carbonyl (C=O) groups is 1. The van der Waals surface area contributed by atoms with Gasteiger partial charge in [0.25, 0.3) is 5.91 Å². The molecule has 3 aromatic rings. The minimum Gasteiger partial charge on any atom is -0.454 e. The van der Waals surface area contributed by atoms with E-state index in [0.717, 1.165) is 16.7 Å². The molecule has 7 nitrogen and oxygen atoms in total. The molecule has 1 aromatic carbocycles. The molecule has 1 aliphatic rings. The molecule has 0 spiro atoms. The molecule has 0 bridgehead atoms. The van der Waals surface area contributed by atoms with Crippen molar-refractivity contribution >= 4 is 5.91 Å². The van der Waals surface area contributed by atoms with Crippen LogP contribution in [0.1, 0.15) is 15.9 Å². The first kappa shape index (κ1) is 15.2. The topological polar surface area (TPSA) is 78.3 Å². The highest BCUT2D eigenvalue weighted by atomic mass is 16.7. The molecule has 126 valence electrons. The van der Waals surface area contributed by atoms with E-state index in [9.17, 15) is 4.79 Å². The first-order valence-electron chi connectivity index (χ1n) is 7.80. The lowest BCUT2D eigenvalue weighted by atomic mass is 10.1. The van der Waals surface area contributed by atoms with Gasteiger partial charge in [0.15, 0.2) is 11.5 Å². The number of aryl methyl sites for hydroxylation is 1. The number of ether oxygens (including phenoxy) is 2. The Hall–Kier alpha value is -3.35. The molecule has 0 fully saturated rings. The van der Waals surface area contributed by atoms with Gasteiger partial charge in [-0.25, -0.2) is 0 Å². The Balaban J connectivity index is 1.45. The summed E-state index contributed by atoms with van der Waals surface area (Å²) in [4.78, 5) is 16.6. The lowest BCUT2D eigenvalue weighted by Crippen LogP contribution is -2.22. The molecule has 0 saturated carbocycles. The zero-order valence-corrected chi connectivity index (χ0v) is 13.6. The maximum Gasteiger partial charge on any atom is 0.251 e. The summed E-state index contributed by atoms with van der Waals surface area (Å²) >= 11 is 0. The molecule has 1 amide bonds. The van der Waals surface area contributed by atoms with E-state index in [4.69, 9.17) is 9.47 Å². The fourth-order valence-corrected chi connectivity index (χ4v) is 2.63. The van der Waals surface area contributed by atoms with E-state index in [-0.39, 0.29) is 12.7 Å². The monoisotopic (exact) mass is 336 g/mol. The number of rotatable bonds is 4. The van der Waals surface area contributed by atoms with Gasteiger partial charge >= 0.3 is 0 Å². The molecular weight excluding hydrogens is 320 g/mol. The molecule has 25 heavy (non-hydrogen) atoms. The van der Waals surface area contributed by atoms with E-state index >= 15 is 0 Å². The quantitative estimate of drug-likeness (QED) is 0.790. The van der Waals surface area contributed by atoms with Gasteiger partial charge in [-0.2, -0.15) is 5.10 Å². The predicted octanol–water partition coefficient (Wildman–Crippen LogP) is 2.14. The zero-order valence-electron chi connectivity index (χ0n) is 13.6. The van der Waals surface area contributed by atoms with Gasteiger partial charge in [0.05, 0.1) is 6.20 Å². The number of aromatic nitrogens is 3. The SMILES string of the molecule is Cn1cc(-c2cncc(CNC(=O)c3ccc4c(c3)OCO4)c2)cn1. The predicted molar refractivity (Wildman–Crippen MR) is 90.2 cm³/mol. The summed E-state index contributed by atoms with van der Waals surface area (Å²) in [5, 5.41) is 7.06. The second kappa shape index (κ2) is 6.27. The smallest absolute Gasteiger partial charge is 0.251 e. The van der Waals surface area contributed by atoms with Crippen molar-refractivity contribution in [2.45, 2.75) is 6.54 Å². The largest absolute Gasteiger partial charge is 0.454 e. The normalized spacial score (nSPS) is 12.2. The van der Waals surface area contributed by atoms with Gasteiger partial charge in [0, 0.05) is 48.9 Å². The molecule has 0 radical (unpaired) electrons. The van der Waals surface area contributed by atoms with Crippen molar-refractivity contribution < 1.29 is 14.3 Å². The molecule has 0 unspecified atom stereocenters. The minimum atomic E-state index is -0.176. The molecule has 7 heteroatoms. The fraction of sp³-hybridized carbons (Fsp3) is 0.167. The van der Waals surface area contributed by atoms with Crippen molar-refractivity contribution in [3.05, 3.63) is 60.2 Å². The van der Waals surface area contributed by atoms with E-state index in [1.54, 1.807) is 41.5 Å². The third kappa shape index (κ3) is 3.16. The lowest BCUT2D eigenvalue weighted by Gasteiger charge is -2.07. The maximum absolute atomic E-state index is 12.3. The Morgan fingerprint density at radius 3 is 2.88 bits per heavy atom. The Morgan fingerprint density at radius 2 is 2.04 bits per heavy atom. The van der Waals surface area contributed by atoms with Crippen LogP contribution >= 0.6 is 0 Å². The van der Waals surface area contributed by atoms with Crippen LogP contribution in [0.4, 0.5) is 0 Å². The van der Waals surface area contributed by atoms with Crippen molar-refractivity contribution in [3.8, 4) is 22.6 Å². The molecule has 0 atom stereocenters. The number of hydrogen-bond acceptors (Lipinski definition) is 5. The summed E-state index contributed by atoms with van der Waals surface area (Å²) < 4.78 is 12.3. The van der Waals surface area contributed by atoms with Gasteiger partial charge in [-0.05, 0) is 29.8 Å². The highest BCUT2D eigenvalue weighted by Crippen LogP contribution is 2.32. The number of benzene rings is 1. The average molecular weight is 336 g/mol. The summed E-state index contributed by atoms with van der Waals surface area (Å²) in [5.41, 5.74) is 3.39. The van der Waals surface area contributed by atoms with Gasteiger partial charge in [-0.1, -0.05) is 0 Å². The van der Waals surface area contributed by atoms with Crippen LogP contribution in [-0.4, -0.2) is 27.5 Å². The molecule has 1 N–H and O–H groups in total. The van der Waals surface area contributed by atoms with Gasteiger partial charge < -0.3 is 14.8 Å². The number of fused-ring (bicyclic) bond motifs is 1. The number of pyridine rings is 1. The second-order valence-corrected chi connectivity index (χ2v) is 5.74. The van der Waals surface area contributed by atoms with Gasteiger partial charge in [0.2, 0.25) is 6.79 Å². The maximum atomic E-state index is 12.3. The van der Waals surface area contributed by atoms with Crippen LogP contribution in [0.3, 0.4) is 0 Å². The lowest BCUT2D eigenvalue weighted by molar-refractivity contribution is 0.0950. The number of nitrogens with zero attached hydrogens (tertiary/aromatic N) is 3. The standard InChI is InChI=1S/C18H16N4O3/c1-22-10-15(9-21-22)14-4-12(6-19-8-14)7-20-18(23)13-2-3-16-17(5-13)25-11-24-16/h2-6,8-10H,7,11H2,1H3,(H,20,23). The molecule has 4 rings (SSSR count). The van der Waals surface area contributed by atoms with Crippen LogP contribution in [0, 0.1) is 0 Å². The fourth-order valence-electron chi connectivity index (χ4n) is 2.63. The molecular formula is C18H16N4O3. The number of amides is 1. The van der Waals surface area contributed by atoms with Crippen LogP contribution in [0.15, 0.2) is 49.1 Å². The van der Waals surface area contributed by atoms with E-state index in [1.165, 1.54) is 0 Å². The van der Waals surface area contributed by atoms with Gasteiger partial charge in [-0.3, -0.25) is 14.5 Å². The average Bonchev–Trinajstić information content (AvgIpc) is 3.28. The molecule has 3 heterocycles. The summed E-state index contributed by atoms with van der Waals surface area (Å²) in [6, 6.07) is 7.13. The van der Waals surface area contributed by atoms with Crippen LogP contribution < -0.4 is 14.8 Å². The van der Waals surface area contributed by atoms with E-state index in [2.05, 4.69) is 15.4 Å². The Kier molecular flexibility index (Phi) is 3.81. The van der Waals surface area contributed by atoms with Crippen molar-refractivity contribution in [3.63, 3.8) is 0 Å². The van der Waals surface area contributed by atoms with Crippen LogP contribution in [-0.2, 0) is 13.6 Å². The van der Waals surface area contributed by atoms with Crippen molar-refractivity contribution in [1.82, 2.24) is 20.1 Å². The van der Waals surface area contributed by atoms with Gasteiger partial charge in [0.1, 0.15) is 0 Å². The van der Waals surface area contributed by atoms with Crippen LogP contribution in [0.25, 0.3) is 11.1 Å². The highest BCUT2D eigenvalue weighted by molar-refractivity contribution is 5.94. The van der Waals surface area contributed by atoms with E-state index in [0.29, 0.717) is 23.6 Å². The Labute approximate surface area is 144 Å². The van der Waals surface area contributed by atoms with Crippen LogP contribution in [0.2, 0.25) is 0 Å². The number of hydrogen-bond donors (Lipinski definition) is 1. The van der Waals surface area contributed by atoms with E-state index < -0.39 is 0 Å². The summed E-state index contributed by atoms with van der Waals surface area (Å²) in [6.07, 6.45) is 7.22. The third-order valence-electron chi connectivity index (χ3n) is 3.92. The molecule has 0 saturated heterocycles.